The molecule has 4 saturated carbocycles. The van der Waals surface area contributed by atoms with E-state index in [9.17, 15) is 10.2 Å². The van der Waals surface area contributed by atoms with Crippen molar-refractivity contribution in [3.8, 4) is 12.3 Å². The van der Waals surface area contributed by atoms with Crippen LogP contribution in [-0.2, 0) is 0 Å². The second-order valence-corrected chi connectivity index (χ2v) is 8.99. The highest BCUT2D eigenvalue weighted by molar-refractivity contribution is 5.24. The van der Waals surface area contributed by atoms with Crippen molar-refractivity contribution in [2.24, 2.45) is 35.0 Å². The van der Waals surface area contributed by atoms with Gasteiger partial charge in [-0.15, -0.1) is 6.42 Å². The first-order valence-corrected chi connectivity index (χ1v) is 9.93. The molecule has 0 aromatic carbocycles. The van der Waals surface area contributed by atoms with E-state index in [1.54, 1.807) is 0 Å². The molecule has 4 aliphatic carbocycles. The highest BCUT2D eigenvalue weighted by Crippen LogP contribution is 2.66. The molecule has 0 unspecified atom stereocenters. The van der Waals surface area contributed by atoms with Crippen LogP contribution in [-0.4, -0.2) is 21.9 Å². The standard InChI is InChI=1S/C21H32O2/c1-3-20-11-9-17-16-8-6-15(22)13-14(16)5-7-18(17)19(20)10-12-21(20,23)4-2/h2,14-19,22-23H,3,5-13H2,1H3/t14-,15-,16+,17+,18+,19+,20-,21-/m0/s1. The number of terminal acetylenes is 1. The number of fused-ring (bicyclic) bond motifs is 5. The zero-order chi connectivity index (χ0) is 16.2. The van der Waals surface area contributed by atoms with Gasteiger partial charge in [-0.3, -0.25) is 0 Å². The molecule has 128 valence electrons. The van der Waals surface area contributed by atoms with Gasteiger partial charge in [-0.2, -0.15) is 0 Å². The molecule has 2 nitrogen and oxygen atoms in total. The summed E-state index contributed by atoms with van der Waals surface area (Å²) in [6.45, 7) is 2.24. The maximum Gasteiger partial charge on any atom is 0.131 e. The molecule has 8 atom stereocenters. The first-order chi connectivity index (χ1) is 11.0. The Hall–Kier alpha value is -0.520. The highest BCUT2D eigenvalue weighted by Gasteiger charge is 2.63. The Morgan fingerprint density at radius 3 is 2.52 bits per heavy atom. The molecule has 0 aromatic heterocycles. The number of aliphatic hydroxyl groups is 2. The van der Waals surface area contributed by atoms with Gasteiger partial charge in [0, 0.05) is 5.41 Å². The van der Waals surface area contributed by atoms with Crippen LogP contribution in [0, 0.1) is 47.3 Å². The summed E-state index contributed by atoms with van der Waals surface area (Å²) in [5.74, 6) is 6.61. The van der Waals surface area contributed by atoms with Gasteiger partial charge in [0.1, 0.15) is 5.60 Å². The molecule has 4 fully saturated rings. The average molecular weight is 316 g/mol. The lowest BCUT2D eigenvalue weighted by molar-refractivity contribution is -0.121. The minimum atomic E-state index is -0.864. The Morgan fingerprint density at radius 1 is 1.00 bits per heavy atom. The Bertz CT molecular complexity index is 508. The lowest BCUT2D eigenvalue weighted by Gasteiger charge is -2.57. The third-order valence-corrected chi connectivity index (χ3v) is 8.65. The van der Waals surface area contributed by atoms with Crippen molar-refractivity contribution in [3.63, 3.8) is 0 Å². The summed E-state index contributed by atoms with van der Waals surface area (Å²) < 4.78 is 0. The van der Waals surface area contributed by atoms with E-state index in [-0.39, 0.29) is 11.5 Å². The fourth-order valence-electron chi connectivity index (χ4n) is 7.61. The fraction of sp³-hybridized carbons (Fsp3) is 0.905. The zero-order valence-electron chi connectivity index (χ0n) is 14.5. The van der Waals surface area contributed by atoms with Crippen molar-refractivity contribution in [2.75, 3.05) is 0 Å². The Balaban J connectivity index is 1.62. The summed E-state index contributed by atoms with van der Waals surface area (Å²) in [4.78, 5) is 0. The van der Waals surface area contributed by atoms with E-state index in [0.29, 0.717) is 5.92 Å². The van der Waals surface area contributed by atoms with Crippen molar-refractivity contribution in [3.05, 3.63) is 0 Å². The first kappa shape index (κ1) is 16.0. The van der Waals surface area contributed by atoms with E-state index in [4.69, 9.17) is 6.42 Å². The first-order valence-electron chi connectivity index (χ1n) is 9.93. The maximum atomic E-state index is 11.1. The van der Waals surface area contributed by atoms with Gasteiger partial charge in [-0.1, -0.05) is 12.8 Å². The van der Waals surface area contributed by atoms with Crippen LogP contribution in [0.5, 0.6) is 0 Å². The highest BCUT2D eigenvalue weighted by atomic mass is 16.3. The summed E-state index contributed by atoms with van der Waals surface area (Å²) in [6.07, 6.45) is 16.9. The van der Waals surface area contributed by atoms with Crippen LogP contribution >= 0.6 is 0 Å². The molecular formula is C21H32O2. The van der Waals surface area contributed by atoms with Crippen LogP contribution < -0.4 is 0 Å². The predicted molar refractivity (Wildman–Crippen MR) is 91.5 cm³/mol. The molecule has 0 heterocycles. The Kier molecular flexibility index (Phi) is 3.82. The number of hydrogen-bond acceptors (Lipinski definition) is 2. The molecule has 0 bridgehead atoms. The number of hydrogen-bond donors (Lipinski definition) is 2. The van der Waals surface area contributed by atoms with E-state index < -0.39 is 5.60 Å². The van der Waals surface area contributed by atoms with Gasteiger partial charge < -0.3 is 10.2 Å². The van der Waals surface area contributed by atoms with Crippen LogP contribution in [0.25, 0.3) is 0 Å². The van der Waals surface area contributed by atoms with Crippen molar-refractivity contribution in [1.29, 1.82) is 0 Å². The molecule has 2 heteroatoms. The lowest BCUT2D eigenvalue weighted by Crippen LogP contribution is -2.54. The molecule has 4 rings (SSSR count). The minimum absolute atomic E-state index is 0.0239. The molecule has 0 spiro atoms. The third kappa shape index (κ3) is 2.09. The van der Waals surface area contributed by atoms with Crippen molar-refractivity contribution in [1.82, 2.24) is 0 Å². The van der Waals surface area contributed by atoms with Crippen molar-refractivity contribution >= 4 is 0 Å². The molecule has 0 aliphatic heterocycles. The zero-order valence-corrected chi connectivity index (χ0v) is 14.5. The minimum Gasteiger partial charge on any atom is -0.393 e. The SMILES string of the molecule is C#C[C@]1(O)CC[C@@H]2[C@@H]3CC[C@H]4C[C@@H](O)CC[C@H]4[C@H]3CC[C@@]21CC. The lowest BCUT2D eigenvalue weighted by atomic mass is 9.48. The van der Waals surface area contributed by atoms with E-state index in [0.717, 1.165) is 62.2 Å². The van der Waals surface area contributed by atoms with Crippen molar-refractivity contribution < 1.29 is 10.2 Å². The fourth-order valence-corrected chi connectivity index (χ4v) is 7.61. The summed E-state index contributed by atoms with van der Waals surface area (Å²) in [5, 5.41) is 21.2. The largest absolute Gasteiger partial charge is 0.393 e. The summed E-state index contributed by atoms with van der Waals surface area (Å²) in [7, 11) is 0. The molecular weight excluding hydrogens is 284 g/mol. The van der Waals surface area contributed by atoms with Crippen LogP contribution in [0.3, 0.4) is 0 Å². The van der Waals surface area contributed by atoms with Crippen LogP contribution in [0.4, 0.5) is 0 Å². The molecule has 0 amide bonds. The van der Waals surface area contributed by atoms with E-state index in [2.05, 4.69) is 12.8 Å². The summed E-state index contributed by atoms with van der Waals surface area (Å²) >= 11 is 0. The molecule has 0 aromatic rings. The van der Waals surface area contributed by atoms with Crippen molar-refractivity contribution in [2.45, 2.75) is 82.8 Å². The van der Waals surface area contributed by atoms with E-state index in [1.165, 1.54) is 25.7 Å². The van der Waals surface area contributed by atoms with E-state index in [1.807, 2.05) is 0 Å². The number of aliphatic hydroxyl groups excluding tert-OH is 1. The summed E-state index contributed by atoms with van der Waals surface area (Å²) in [5.41, 5.74) is -0.888. The van der Waals surface area contributed by atoms with Gasteiger partial charge in [0.15, 0.2) is 0 Å². The molecule has 23 heavy (non-hydrogen) atoms. The number of rotatable bonds is 1. The quantitative estimate of drug-likeness (QED) is 0.723. The van der Waals surface area contributed by atoms with Crippen LogP contribution in [0.15, 0.2) is 0 Å². The monoisotopic (exact) mass is 316 g/mol. The topological polar surface area (TPSA) is 40.5 Å². The van der Waals surface area contributed by atoms with Gasteiger partial charge in [0.2, 0.25) is 0 Å². The van der Waals surface area contributed by atoms with Crippen LogP contribution in [0.1, 0.15) is 71.1 Å². The van der Waals surface area contributed by atoms with Gasteiger partial charge in [0.05, 0.1) is 6.10 Å². The van der Waals surface area contributed by atoms with Gasteiger partial charge in [0.25, 0.3) is 0 Å². The van der Waals surface area contributed by atoms with E-state index >= 15 is 0 Å². The predicted octanol–water partition coefficient (Wildman–Crippen LogP) is 3.75. The Labute approximate surface area is 141 Å². The second kappa shape index (κ2) is 5.50. The molecule has 2 N–H and O–H groups in total. The average Bonchev–Trinajstić information content (AvgIpc) is 2.88. The third-order valence-electron chi connectivity index (χ3n) is 8.65. The maximum absolute atomic E-state index is 11.1. The smallest absolute Gasteiger partial charge is 0.131 e. The summed E-state index contributed by atoms with van der Waals surface area (Å²) in [6, 6.07) is 0. The van der Waals surface area contributed by atoms with Gasteiger partial charge in [-0.05, 0) is 93.8 Å². The van der Waals surface area contributed by atoms with Gasteiger partial charge in [-0.25, -0.2) is 0 Å². The molecule has 0 radical (unpaired) electrons. The van der Waals surface area contributed by atoms with Gasteiger partial charge >= 0.3 is 0 Å². The molecule has 4 aliphatic rings. The normalized spacial score (nSPS) is 55.4. The second-order valence-electron chi connectivity index (χ2n) is 8.99. The molecule has 0 saturated heterocycles. The Morgan fingerprint density at radius 2 is 1.78 bits per heavy atom. The van der Waals surface area contributed by atoms with Crippen LogP contribution in [0.2, 0.25) is 0 Å².